The van der Waals surface area contributed by atoms with Gasteiger partial charge in [0, 0.05) is 39.6 Å². The fraction of sp³-hybridized carbons (Fsp3) is 0.0169. The van der Waals surface area contributed by atoms with Gasteiger partial charge in [0.2, 0.25) is 0 Å². The average molecular weight is 786 g/mol. The van der Waals surface area contributed by atoms with Gasteiger partial charge in [-0.1, -0.05) is 152 Å². The van der Waals surface area contributed by atoms with E-state index in [2.05, 4.69) is 205 Å². The third kappa shape index (κ3) is 4.39. The molecule has 0 saturated carbocycles. The minimum absolute atomic E-state index is 0.493. The van der Waals surface area contributed by atoms with Crippen molar-refractivity contribution >= 4 is 54.4 Å². The summed E-state index contributed by atoms with van der Waals surface area (Å²) in [6.45, 7) is 0. The molecule has 3 heteroatoms. The van der Waals surface area contributed by atoms with Crippen LogP contribution in [0.15, 0.2) is 213 Å². The summed E-state index contributed by atoms with van der Waals surface area (Å²) >= 11 is 0. The zero-order valence-corrected chi connectivity index (χ0v) is 33.5. The number of rotatable bonds is 3. The summed E-state index contributed by atoms with van der Waals surface area (Å²) in [5.41, 5.74) is 20.3. The van der Waals surface area contributed by atoms with E-state index < -0.39 is 5.41 Å². The topological polar surface area (TPSA) is 30.7 Å². The summed E-state index contributed by atoms with van der Waals surface area (Å²) in [5.74, 6) is 0. The molecule has 0 radical (unpaired) electrons. The van der Waals surface area contributed by atoms with Crippen LogP contribution in [0.2, 0.25) is 0 Å². The molecule has 2 heterocycles. The van der Waals surface area contributed by atoms with Gasteiger partial charge in [0.1, 0.15) is 0 Å². The van der Waals surface area contributed by atoms with Crippen LogP contribution in [-0.2, 0) is 5.41 Å². The predicted octanol–water partition coefficient (Wildman–Crippen LogP) is 14.7. The van der Waals surface area contributed by atoms with Crippen LogP contribution in [0, 0.1) is 0 Å². The van der Waals surface area contributed by atoms with E-state index in [0.717, 1.165) is 21.8 Å². The first-order valence-electron chi connectivity index (χ1n) is 21.4. The van der Waals surface area contributed by atoms with Gasteiger partial charge >= 0.3 is 0 Å². The van der Waals surface area contributed by atoms with Crippen molar-refractivity contribution in [2.45, 2.75) is 5.41 Å². The molecular weight excluding hydrogens is 751 g/mol. The van der Waals surface area contributed by atoms with E-state index in [0.29, 0.717) is 0 Å². The molecule has 2 aliphatic carbocycles. The normalized spacial score (nSPS) is 13.3. The highest BCUT2D eigenvalue weighted by atomic mass is 15.0. The van der Waals surface area contributed by atoms with Gasteiger partial charge in [-0.2, -0.15) is 0 Å². The molecule has 12 aromatic rings. The third-order valence-electron chi connectivity index (χ3n) is 13.9. The lowest BCUT2D eigenvalue weighted by atomic mass is 9.70. The standard InChI is InChI=1S/C59H35N3/c1-2-12-40(13-3-1)62-55-21-11-8-17-46(55)50-33-37(25-29-56(50)62)39-23-27-45-44-26-22-38(36-24-28-48-49(32-36)41-14-4-5-18-47(41)57-58(48)61-31-30-60-57)34-53(44)59(54(45)35-39)51-19-9-6-15-42(51)43-16-7-10-20-52(43)59/h1-35H. The van der Waals surface area contributed by atoms with Crippen molar-refractivity contribution in [3.8, 4) is 50.2 Å². The van der Waals surface area contributed by atoms with Crippen molar-refractivity contribution in [3.63, 3.8) is 0 Å². The summed E-state index contributed by atoms with van der Waals surface area (Å²) in [5, 5.41) is 7.14. The van der Waals surface area contributed by atoms with Gasteiger partial charge in [0.15, 0.2) is 0 Å². The number of fused-ring (bicyclic) bond motifs is 19. The van der Waals surface area contributed by atoms with Crippen LogP contribution in [0.5, 0.6) is 0 Å². The number of benzene rings is 10. The molecule has 0 unspecified atom stereocenters. The summed E-state index contributed by atoms with van der Waals surface area (Å²) in [4.78, 5) is 9.61. The third-order valence-corrected chi connectivity index (χ3v) is 13.9. The quantitative estimate of drug-likeness (QED) is 0.167. The van der Waals surface area contributed by atoms with E-state index in [1.807, 2.05) is 0 Å². The van der Waals surface area contributed by atoms with E-state index in [1.165, 1.54) is 105 Å². The SMILES string of the molecule is c1ccc(-n2c3ccccc3c3cc(-c4ccc5c(c4)C4(c6ccccc6-c6ccccc64)c4cc(-c6ccc7c(c6)c6ccccc6c6nccnc76)ccc4-5)ccc32)cc1. The number of hydrogen-bond acceptors (Lipinski definition) is 2. The lowest BCUT2D eigenvalue weighted by Gasteiger charge is -2.31. The summed E-state index contributed by atoms with van der Waals surface area (Å²) < 4.78 is 2.39. The lowest BCUT2D eigenvalue weighted by Crippen LogP contribution is -2.26. The summed E-state index contributed by atoms with van der Waals surface area (Å²) in [6.07, 6.45) is 3.59. The molecule has 0 fully saturated rings. The molecule has 0 N–H and O–H groups in total. The lowest BCUT2D eigenvalue weighted by molar-refractivity contribution is 0.794. The molecule has 0 saturated heterocycles. The highest BCUT2D eigenvalue weighted by Gasteiger charge is 2.51. The molecule has 0 aliphatic heterocycles. The maximum atomic E-state index is 4.83. The Hall–Kier alpha value is -8.14. The summed E-state index contributed by atoms with van der Waals surface area (Å²) in [7, 11) is 0. The number of para-hydroxylation sites is 2. The molecule has 3 nitrogen and oxygen atoms in total. The molecule has 14 rings (SSSR count). The van der Waals surface area contributed by atoms with Crippen LogP contribution < -0.4 is 0 Å². The average Bonchev–Trinajstić information content (AvgIpc) is 3.95. The minimum atomic E-state index is -0.493. The maximum Gasteiger partial charge on any atom is 0.0971 e. The van der Waals surface area contributed by atoms with Crippen LogP contribution in [-0.4, -0.2) is 14.5 Å². The Morgan fingerprint density at radius 2 is 0.774 bits per heavy atom. The Morgan fingerprint density at radius 1 is 0.306 bits per heavy atom. The van der Waals surface area contributed by atoms with Gasteiger partial charge in [-0.15, -0.1) is 0 Å². The molecule has 2 aliphatic rings. The zero-order valence-electron chi connectivity index (χ0n) is 33.5. The highest BCUT2D eigenvalue weighted by molar-refractivity contribution is 6.23. The van der Waals surface area contributed by atoms with Gasteiger partial charge in [-0.3, -0.25) is 9.97 Å². The molecule has 62 heavy (non-hydrogen) atoms. The van der Waals surface area contributed by atoms with Crippen LogP contribution in [0.4, 0.5) is 0 Å². The molecule has 1 spiro atoms. The smallest absolute Gasteiger partial charge is 0.0971 e. The van der Waals surface area contributed by atoms with Crippen molar-refractivity contribution in [2.75, 3.05) is 0 Å². The van der Waals surface area contributed by atoms with Crippen molar-refractivity contribution in [3.05, 3.63) is 235 Å². The monoisotopic (exact) mass is 785 g/mol. The first-order valence-corrected chi connectivity index (χ1v) is 21.4. The zero-order chi connectivity index (χ0) is 40.5. The van der Waals surface area contributed by atoms with E-state index in [9.17, 15) is 0 Å². The van der Waals surface area contributed by atoms with E-state index >= 15 is 0 Å². The fourth-order valence-corrected chi connectivity index (χ4v) is 11.3. The molecule has 2 aromatic heterocycles. The van der Waals surface area contributed by atoms with Gasteiger partial charge in [0.05, 0.1) is 27.5 Å². The van der Waals surface area contributed by atoms with E-state index in [1.54, 1.807) is 12.4 Å². The van der Waals surface area contributed by atoms with Crippen molar-refractivity contribution in [1.82, 2.24) is 14.5 Å². The van der Waals surface area contributed by atoms with Crippen molar-refractivity contribution < 1.29 is 0 Å². The highest BCUT2D eigenvalue weighted by Crippen LogP contribution is 2.63. The van der Waals surface area contributed by atoms with Crippen LogP contribution >= 0.6 is 0 Å². The molecular formula is C59H35N3. The van der Waals surface area contributed by atoms with Crippen LogP contribution in [0.1, 0.15) is 22.3 Å². The van der Waals surface area contributed by atoms with E-state index in [-0.39, 0.29) is 0 Å². The minimum Gasteiger partial charge on any atom is -0.309 e. The molecule has 0 amide bonds. The maximum absolute atomic E-state index is 4.83. The largest absolute Gasteiger partial charge is 0.309 e. The Balaban J connectivity index is 0.995. The second-order valence-electron chi connectivity index (χ2n) is 16.8. The Kier molecular flexibility index (Phi) is 6.76. The summed E-state index contributed by atoms with van der Waals surface area (Å²) in [6, 6.07) is 74.5. The van der Waals surface area contributed by atoms with Gasteiger partial charge in [-0.05, 0) is 126 Å². The number of nitrogens with zero attached hydrogens (tertiary/aromatic N) is 3. The second-order valence-corrected chi connectivity index (χ2v) is 16.8. The number of aromatic nitrogens is 3. The van der Waals surface area contributed by atoms with Crippen LogP contribution in [0.3, 0.4) is 0 Å². The van der Waals surface area contributed by atoms with Gasteiger partial charge in [-0.25, -0.2) is 0 Å². The number of hydrogen-bond donors (Lipinski definition) is 0. The molecule has 10 aromatic carbocycles. The molecule has 0 bridgehead atoms. The molecule has 0 atom stereocenters. The molecule has 286 valence electrons. The van der Waals surface area contributed by atoms with Crippen LogP contribution in [0.25, 0.3) is 105 Å². The van der Waals surface area contributed by atoms with Crippen molar-refractivity contribution in [1.29, 1.82) is 0 Å². The first kappa shape index (κ1) is 33.7. The van der Waals surface area contributed by atoms with E-state index in [4.69, 9.17) is 9.97 Å². The second kappa shape index (κ2) is 12.4. The fourth-order valence-electron chi connectivity index (χ4n) is 11.3. The Bertz CT molecular complexity index is 3790. The van der Waals surface area contributed by atoms with Gasteiger partial charge < -0.3 is 4.57 Å². The van der Waals surface area contributed by atoms with Crippen molar-refractivity contribution in [2.24, 2.45) is 0 Å². The predicted molar refractivity (Wildman–Crippen MR) is 256 cm³/mol. The van der Waals surface area contributed by atoms with Gasteiger partial charge in [0.25, 0.3) is 0 Å². The first-order chi connectivity index (χ1) is 30.8. The Morgan fingerprint density at radius 3 is 1.45 bits per heavy atom. The Labute approximate surface area is 357 Å².